The van der Waals surface area contributed by atoms with Crippen LogP contribution in [0.5, 0.6) is 5.75 Å². The molecule has 2 fully saturated rings. The van der Waals surface area contributed by atoms with Crippen molar-refractivity contribution >= 4 is 17.8 Å². The molecular formula is C19H24F3N3O4. The molecule has 1 aromatic rings. The van der Waals surface area contributed by atoms with E-state index in [1.165, 1.54) is 12.1 Å². The van der Waals surface area contributed by atoms with Crippen LogP contribution >= 0.6 is 0 Å². The lowest BCUT2D eigenvalue weighted by Crippen LogP contribution is -2.68. The first-order chi connectivity index (χ1) is 13.3. The minimum atomic E-state index is -4.75. The Bertz CT molecular complexity index is 760. The smallest absolute Gasteiger partial charge is 0.444 e. The van der Waals surface area contributed by atoms with Gasteiger partial charge in [0.15, 0.2) is 0 Å². The number of urea groups is 1. The number of likely N-dealkylation sites (tertiary alicyclic amines) is 1. The van der Waals surface area contributed by atoms with Gasteiger partial charge in [-0.25, -0.2) is 9.59 Å². The van der Waals surface area contributed by atoms with Gasteiger partial charge in [-0.2, -0.15) is 0 Å². The number of amides is 3. The minimum Gasteiger partial charge on any atom is -0.444 e. The number of ether oxygens (including phenoxy) is 2. The first-order valence-corrected chi connectivity index (χ1v) is 9.24. The highest BCUT2D eigenvalue weighted by molar-refractivity contribution is 5.90. The number of alkyl halides is 3. The summed E-state index contributed by atoms with van der Waals surface area (Å²) < 4.78 is 45.5. The lowest BCUT2D eigenvalue weighted by atomic mass is 9.61. The van der Waals surface area contributed by atoms with Gasteiger partial charge in [-0.1, -0.05) is 0 Å². The van der Waals surface area contributed by atoms with Crippen LogP contribution in [0.2, 0.25) is 0 Å². The summed E-state index contributed by atoms with van der Waals surface area (Å²) in [4.78, 5) is 25.7. The molecule has 2 N–H and O–H groups in total. The molecule has 1 aliphatic carbocycles. The van der Waals surface area contributed by atoms with Crippen molar-refractivity contribution in [2.45, 2.75) is 51.6 Å². The zero-order chi connectivity index (χ0) is 21.4. The zero-order valence-corrected chi connectivity index (χ0v) is 16.4. The molecule has 3 amide bonds. The molecule has 0 unspecified atom stereocenters. The lowest BCUT2D eigenvalue weighted by Gasteiger charge is -2.58. The van der Waals surface area contributed by atoms with E-state index in [2.05, 4.69) is 15.4 Å². The highest BCUT2D eigenvalue weighted by Crippen LogP contribution is 2.48. The quantitative estimate of drug-likeness (QED) is 0.779. The van der Waals surface area contributed by atoms with E-state index in [0.29, 0.717) is 18.8 Å². The Balaban J connectivity index is 1.39. The Morgan fingerprint density at radius 3 is 2.21 bits per heavy atom. The van der Waals surface area contributed by atoms with Crippen molar-refractivity contribution in [1.29, 1.82) is 0 Å². The van der Waals surface area contributed by atoms with Crippen molar-refractivity contribution in [1.82, 2.24) is 10.2 Å². The number of anilines is 1. The van der Waals surface area contributed by atoms with Gasteiger partial charge in [0.05, 0.1) is 0 Å². The lowest BCUT2D eigenvalue weighted by molar-refractivity contribution is -0.274. The molecule has 1 aliphatic heterocycles. The number of hydrogen-bond acceptors (Lipinski definition) is 4. The molecule has 1 saturated heterocycles. The van der Waals surface area contributed by atoms with Crippen LogP contribution in [-0.4, -0.2) is 48.1 Å². The molecule has 1 heterocycles. The van der Waals surface area contributed by atoms with Gasteiger partial charge in [0.1, 0.15) is 11.4 Å². The molecule has 0 atom stereocenters. The molecule has 0 bridgehead atoms. The maximum Gasteiger partial charge on any atom is 0.573 e. The molecule has 7 nitrogen and oxygen atoms in total. The van der Waals surface area contributed by atoms with E-state index in [4.69, 9.17) is 4.74 Å². The van der Waals surface area contributed by atoms with Gasteiger partial charge in [-0.15, -0.1) is 13.2 Å². The van der Waals surface area contributed by atoms with Gasteiger partial charge in [0.25, 0.3) is 0 Å². The molecule has 0 radical (unpaired) electrons. The summed E-state index contributed by atoms with van der Waals surface area (Å²) in [5.41, 5.74) is -0.154. The zero-order valence-electron chi connectivity index (χ0n) is 16.4. The second kappa shape index (κ2) is 7.31. The van der Waals surface area contributed by atoms with E-state index in [1.807, 2.05) is 0 Å². The number of rotatable bonds is 3. The van der Waals surface area contributed by atoms with Gasteiger partial charge in [-0.3, -0.25) is 0 Å². The van der Waals surface area contributed by atoms with E-state index in [9.17, 15) is 22.8 Å². The average Bonchev–Trinajstić information content (AvgIpc) is 2.46. The first kappa shape index (κ1) is 21.1. The molecule has 10 heteroatoms. The number of halogens is 3. The third-order valence-electron chi connectivity index (χ3n) is 4.76. The summed E-state index contributed by atoms with van der Waals surface area (Å²) in [6.45, 7) is 6.54. The number of hydrogen-bond donors (Lipinski definition) is 2. The van der Waals surface area contributed by atoms with Gasteiger partial charge >= 0.3 is 18.5 Å². The maximum absolute atomic E-state index is 12.3. The summed E-state index contributed by atoms with van der Waals surface area (Å²) in [6, 6.07) is 4.69. The predicted octanol–water partition coefficient (Wildman–Crippen LogP) is 4.11. The molecule has 1 aromatic carbocycles. The second-order valence-corrected chi connectivity index (χ2v) is 8.61. The molecule has 29 heavy (non-hydrogen) atoms. The van der Waals surface area contributed by atoms with E-state index >= 15 is 0 Å². The van der Waals surface area contributed by atoms with Crippen LogP contribution < -0.4 is 15.4 Å². The molecule has 0 aromatic heterocycles. The number of alkyl carbamates (subject to hydrolysis) is 1. The largest absolute Gasteiger partial charge is 0.573 e. The van der Waals surface area contributed by atoms with Crippen molar-refractivity contribution < 1.29 is 32.2 Å². The fraction of sp³-hybridized carbons (Fsp3) is 0.579. The van der Waals surface area contributed by atoms with Crippen molar-refractivity contribution in [2.75, 3.05) is 18.4 Å². The Morgan fingerprint density at radius 2 is 1.69 bits per heavy atom. The topological polar surface area (TPSA) is 79.9 Å². The number of nitrogens with zero attached hydrogens (tertiary/aromatic N) is 1. The van der Waals surface area contributed by atoms with Crippen molar-refractivity contribution in [3.05, 3.63) is 24.3 Å². The van der Waals surface area contributed by atoms with E-state index in [-0.39, 0.29) is 23.2 Å². The van der Waals surface area contributed by atoms with Crippen LogP contribution in [0.3, 0.4) is 0 Å². The molecule has 3 rings (SSSR count). The Morgan fingerprint density at radius 1 is 1.10 bits per heavy atom. The highest BCUT2D eigenvalue weighted by atomic mass is 19.4. The predicted molar refractivity (Wildman–Crippen MR) is 98.5 cm³/mol. The van der Waals surface area contributed by atoms with Gasteiger partial charge < -0.3 is 25.0 Å². The highest BCUT2D eigenvalue weighted by Gasteiger charge is 2.54. The molecule has 1 saturated carbocycles. The van der Waals surface area contributed by atoms with Crippen molar-refractivity contribution in [2.24, 2.45) is 5.41 Å². The first-order valence-electron chi connectivity index (χ1n) is 9.24. The van der Waals surface area contributed by atoms with E-state index in [0.717, 1.165) is 25.0 Å². The minimum absolute atomic E-state index is 0.0153. The van der Waals surface area contributed by atoms with Crippen molar-refractivity contribution in [3.63, 3.8) is 0 Å². The summed E-state index contributed by atoms with van der Waals surface area (Å²) >= 11 is 0. The monoisotopic (exact) mass is 415 g/mol. The fourth-order valence-electron chi connectivity index (χ4n) is 3.67. The normalized spacial score (nSPS) is 18.5. The fourth-order valence-corrected chi connectivity index (χ4v) is 3.67. The second-order valence-electron chi connectivity index (χ2n) is 8.61. The summed E-state index contributed by atoms with van der Waals surface area (Å²) in [7, 11) is 0. The third kappa shape index (κ3) is 5.68. The molecule has 1 spiro atoms. The molecular weight excluding hydrogens is 391 g/mol. The summed E-state index contributed by atoms with van der Waals surface area (Å²) in [5, 5.41) is 5.48. The van der Waals surface area contributed by atoms with E-state index in [1.54, 1.807) is 25.7 Å². The Hall–Kier alpha value is -2.65. The van der Waals surface area contributed by atoms with Gasteiger partial charge in [0, 0.05) is 30.2 Å². The number of carbonyl (C=O) groups is 2. The standard InChI is InChI=1S/C19H24F3N3O4/c1-17(2,3)29-16(27)24-13-8-18(9-13)10-25(11-18)15(26)23-12-4-6-14(7-5-12)28-19(20,21)22/h4-7,13H,8-11H2,1-3H3,(H,23,26)(H,24,27). The van der Waals surface area contributed by atoms with Crippen LogP contribution in [0.4, 0.5) is 28.4 Å². The average molecular weight is 415 g/mol. The van der Waals surface area contributed by atoms with Crippen LogP contribution in [0.1, 0.15) is 33.6 Å². The van der Waals surface area contributed by atoms with Gasteiger partial charge in [0.2, 0.25) is 0 Å². The van der Waals surface area contributed by atoms with Crippen LogP contribution in [0, 0.1) is 5.41 Å². The van der Waals surface area contributed by atoms with Crippen LogP contribution in [0.25, 0.3) is 0 Å². The van der Waals surface area contributed by atoms with E-state index < -0.39 is 18.1 Å². The van der Waals surface area contributed by atoms with Crippen LogP contribution in [-0.2, 0) is 4.74 Å². The van der Waals surface area contributed by atoms with Crippen molar-refractivity contribution in [3.8, 4) is 5.75 Å². The molecule has 160 valence electrons. The van der Waals surface area contributed by atoms with Crippen LogP contribution in [0.15, 0.2) is 24.3 Å². The Labute approximate surface area is 166 Å². The Kier molecular flexibility index (Phi) is 5.31. The molecule has 2 aliphatic rings. The van der Waals surface area contributed by atoms with Gasteiger partial charge in [-0.05, 0) is 57.9 Å². The summed E-state index contributed by atoms with van der Waals surface area (Å²) in [5.74, 6) is -0.351. The number of carbonyl (C=O) groups excluding carboxylic acids is 2. The summed E-state index contributed by atoms with van der Waals surface area (Å²) in [6.07, 6.45) is -3.64. The number of nitrogens with one attached hydrogen (secondary N) is 2. The maximum atomic E-state index is 12.3. The third-order valence-corrected chi connectivity index (χ3v) is 4.76. The number of benzene rings is 1. The SMILES string of the molecule is CC(C)(C)OC(=O)NC1CC2(C1)CN(C(=O)Nc1ccc(OC(F)(F)F)cc1)C2.